The van der Waals surface area contributed by atoms with E-state index < -0.39 is 0 Å². The molecule has 0 bridgehead atoms. The molecule has 3 nitrogen and oxygen atoms in total. The Kier molecular flexibility index (Phi) is 4.86. The lowest BCUT2D eigenvalue weighted by Gasteiger charge is -2.16. The molecule has 0 unspecified atom stereocenters. The number of para-hydroxylation sites is 1. The molecule has 0 radical (unpaired) electrons. The molecule has 0 atom stereocenters. The number of amides is 1. The molecule has 0 spiro atoms. The Morgan fingerprint density at radius 2 is 1.90 bits per heavy atom. The van der Waals surface area contributed by atoms with E-state index in [9.17, 15) is 4.79 Å². The summed E-state index contributed by atoms with van der Waals surface area (Å²) < 4.78 is 0. The maximum absolute atomic E-state index is 12.2. The Labute approximate surface area is 130 Å². The summed E-state index contributed by atoms with van der Waals surface area (Å²) >= 11 is 5.97. The molecule has 1 amide bonds. The van der Waals surface area contributed by atoms with E-state index in [1.54, 1.807) is 19.0 Å². The summed E-state index contributed by atoms with van der Waals surface area (Å²) in [5.41, 5.74) is 3.80. The number of halogens is 1. The number of carbonyl (C=O) groups excluding carboxylic acids is 1. The standard InChI is InChI=1S/C17H19ClN2O/c1-12-10-14(18)9-8-13(12)11-19-16-7-5-4-6-15(16)17(21)20(2)3/h4-10,19H,11H2,1-3H3. The quantitative estimate of drug-likeness (QED) is 0.927. The van der Waals surface area contributed by atoms with Crippen LogP contribution in [-0.2, 0) is 6.54 Å². The fourth-order valence-corrected chi connectivity index (χ4v) is 2.34. The van der Waals surface area contributed by atoms with Crippen LogP contribution in [0.1, 0.15) is 21.5 Å². The zero-order chi connectivity index (χ0) is 15.4. The highest BCUT2D eigenvalue weighted by atomic mass is 35.5. The molecule has 0 fully saturated rings. The minimum Gasteiger partial charge on any atom is -0.380 e. The summed E-state index contributed by atoms with van der Waals surface area (Å²) in [7, 11) is 3.50. The molecule has 4 heteroatoms. The minimum absolute atomic E-state index is 0.00840. The number of hydrogen-bond acceptors (Lipinski definition) is 2. The van der Waals surface area contributed by atoms with Crippen LogP contribution in [0.25, 0.3) is 0 Å². The van der Waals surface area contributed by atoms with Crippen molar-refractivity contribution in [1.29, 1.82) is 0 Å². The summed E-state index contributed by atoms with van der Waals surface area (Å²) in [5.74, 6) is -0.00840. The number of rotatable bonds is 4. The third-order valence-electron chi connectivity index (χ3n) is 3.34. The van der Waals surface area contributed by atoms with Gasteiger partial charge in [-0.2, -0.15) is 0 Å². The molecule has 0 aliphatic heterocycles. The van der Waals surface area contributed by atoms with E-state index in [-0.39, 0.29) is 5.91 Å². The van der Waals surface area contributed by atoms with E-state index in [1.165, 1.54) is 0 Å². The van der Waals surface area contributed by atoms with E-state index in [4.69, 9.17) is 11.6 Å². The van der Waals surface area contributed by atoms with Gasteiger partial charge < -0.3 is 10.2 Å². The zero-order valence-electron chi connectivity index (χ0n) is 12.5. The molecule has 2 aromatic carbocycles. The van der Waals surface area contributed by atoms with Gasteiger partial charge in [-0.3, -0.25) is 4.79 Å². The van der Waals surface area contributed by atoms with Crippen molar-refractivity contribution in [2.75, 3.05) is 19.4 Å². The van der Waals surface area contributed by atoms with Crippen LogP contribution in [0.5, 0.6) is 0 Å². The van der Waals surface area contributed by atoms with Gasteiger partial charge in [0.2, 0.25) is 0 Å². The van der Waals surface area contributed by atoms with Gasteiger partial charge >= 0.3 is 0 Å². The largest absolute Gasteiger partial charge is 0.380 e. The van der Waals surface area contributed by atoms with E-state index in [0.717, 1.165) is 21.8 Å². The van der Waals surface area contributed by atoms with Crippen LogP contribution in [0.15, 0.2) is 42.5 Å². The number of nitrogens with one attached hydrogen (secondary N) is 1. The first kappa shape index (κ1) is 15.4. The van der Waals surface area contributed by atoms with E-state index in [2.05, 4.69) is 5.32 Å². The van der Waals surface area contributed by atoms with Crippen LogP contribution in [0, 0.1) is 6.92 Å². The van der Waals surface area contributed by atoms with Crippen LogP contribution < -0.4 is 5.32 Å². The molecular weight excluding hydrogens is 284 g/mol. The van der Waals surface area contributed by atoms with Gasteiger partial charge in [-0.25, -0.2) is 0 Å². The molecule has 0 aliphatic rings. The lowest BCUT2D eigenvalue weighted by Crippen LogP contribution is -2.22. The molecule has 2 aromatic rings. The van der Waals surface area contributed by atoms with E-state index in [1.807, 2.05) is 49.4 Å². The monoisotopic (exact) mass is 302 g/mol. The molecule has 0 aromatic heterocycles. The average Bonchev–Trinajstić information content (AvgIpc) is 2.46. The number of carbonyl (C=O) groups is 1. The topological polar surface area (TPSA) is 32.3 Å². The highest BCUT2D eigenvalue weighted by Crippen LogP contribution is 2.20. The van der Waals surface area contributed by atoms with Crippen molar-refractivity contribution in [3.05, 3.63) is 64.2 Å². The summed E-state index contributed by atoms with van der Waals surface area (Å²) in [6.45, 7) is 2.68. The molecule has 110 valence electrons. The third kappa shape index (κ3) is 3.76. The Bertz CT molecular complexity index is 653. The van der Waals surface area contributed by atoms with Crippen LogP contribution >= 0.6 is 11.6 Å². The van der Waals surface area contributed by atoms with Gasteiger partial charge in [-0.1, -0.05) is 29.8 Å². The Morgan fingerprint density at radius 1 is 1.19 bits per heavy atom. The molecule has 21 heavy (non-hydrogen) atoms. The van der Waals surface area contributed by atoms with Crippen molar-refractivity contribution in [3.63, 3.8) is 0 Å². The predicted molar refractivity (Wildman–Crippen MR) is 88.0 cm³/mol. The SMILES string of the molecule is Cc1cc(Cl)ccc1CNc1ccccc1C(=O)N(C)C. The van der Waals surface area contributed by atoms with Gasteiger partial charge in [0.25, 0.3) is 5.91 Å². The molecular formula is C17H19ClN2O. The highest BCUT2D eigenvalue weighted by molar-refractivity contribution is 6.30. The van der Waals surface area contributed by atoms with Crippen molar-refractivity contribution < 1.29 is 4.79 Å². The second-order valence-electron chi connectivity index (χ2n) is 5.17. The van der Waals surface area contributed by atoms with Gasteiger partial charge in [0, 0.05) is 31.4 Å². The van der Waals surface area contributed by atoms with Crippen molar-refractivity contribution in [2.24, 2.45) is 0 Å². The molecule has 1 N–H and O–H groups in total. The number of benzene rings is 2. The second-order valence-corrected chi connectivity index (χ2v) is 5.61. The molecule has 0 heterocycles. The first-order valence-electron chi connectivity index (χ1n) is 6.78. The third-order valence-corrected chi connectivity index (χ3v) is 3.57. The Hall–Kier alpha value is -2.00. The summed E-state index contributed by atoms with van der Waals surface area (Å²) in [6, 6.07) is 13.4. The van der Waals surface area contributed by atoms with Crippen LogP contribution in [0.4, 0.5) is 5.69 Å². The normalized spacial score (nSPS) is 10.3. The van der Waals surface area contributed by atoms with Crippen LogP contribution in [0.3, 0.4) is 0 Å². The van der Waals surface area contributed by atoms with Gasteiger partial charge in [0.1, 0.15) is 0 Å². The smallest absolute Gasteiger partial charge is 0.255 e. The summed E-state index contributed by atoms with van der Waals surface area (Å²) in [4.78, 5) is 13.7. The highest BCUT2D eigenvalue weighted by Gasteiger charge is 2.12. The van der Waals surface area contributed by atoms with E-state index >= 15 is 0 Å². The van der Waals surface area contributed by atoms with Gasteiger partial charge in [0.05, 0.1) is 5.56 Å². The maximum atomic E-state index is 12.2. The zero-order valence-corrected chi connectivity index (χ0v) is 13.2. The number of anilines is 1. The van der Waals surface area contributed by atoms with Crippen molar-refractivity contribution in [2.45, 2.75) is 13.5 Å². The fourth-order valence-electron chi connectivity index (χ4n) is 2.11. The molecule has 0 saturated carbocycles. The average molecular weight is 303 g/mol. The minimum atomic E-state index is -0.00840. The molecule has 0 aliphatic carbocycles. The summed E-state index contributed by atoms with van der Waals surface area (Å²) in [6.07, 6.45) is 0. The Morgan fingerprint density at radius 3 is 2.57 bits per heavy atom. The van der Waals surface area contributed by atoms with Crippen LogP contribution in [0.2, 0.25) is 5.02 Å². The lowest BCUT2D eigenvalue weighted by atomic mass is 10.1. The van der Waals surface area contributed by atoms with Crippen molar-refractivity contribution in [3.8, 4) is 0 Å². The molecule has 0 saturated heterocycles. The van der Waals surface area contributed by atoms with Crippen molar-refractivity contribution >= 4 is 23.2 Å². The first-order chi connectivity index (χ1) is 9.99. The van der Waals surface area contributed by atoms with E-state index in [0.29, 0.717) is 12.1 Å². The van der Waals surface area contributed by atoms with Gasteiger partial charge in [-0.15, -0.1) is 0 Å². The number of hydrogen-bond donors (Lipinski definition) is 1. The van der Waals surface area contributed by atoms with Gasteiger partial charge in [-0.05, 0) is 42.3 Å². The van der Waals surface area contributed by atoms with Crippen LogP contribution in [-0.4, -0.2) is 24.9 Å². The second kappa shape index (κ2) is 6.64. The molecule has 2 rings (SSSR count). The van der Waals surface area contributed by atoms with Gasteiger partial charge in [0.15, 0.2) is 0 Å². The van der Waals surface area contributed by atoms with Crippen molar-refractivity contribution in [1.82, 2.24) is 4.90 Å². The predicted octanol–water partition coefficient (Wildman–Crippen LogP) is 3.96. The summed E-state index contributed by atoms with van der Waals surface area (Å²) in [5, 5.41) is 4.07. The lowest BCUT2D eigenvalue weighted by molar-refractivity contribution is 0.0828. The first-order valence-corrected chi connectivity index (χ1v) is 7.16. The fraction of sp³-hybridized carbons (Fsp3) is 0.235. The number of nitrogens with zero attached hydrogens (tertiary/aromatic N) is 1. The maximum Gasteiger partial charge on any atom is 0.255 e. The Balaban J connectivity index is 2.19. The number of aryl methyl sites for hydroxylation is 1.